The molecule has 2 nitrogen and oxygen atoms in total. The fraction of sp³-hybridized carbons (Fsp3) is 0.143. The highest BCUT2D eigenvalue weighted by molar-refractivity contribution is 5.64. The summed E-state index contributed by atoms with van der Waals surface area (Å²) in [5.74, 6) is 0. The summed E-state index contributed by atoms with van der Waals surface area (Å²) in [5.41, 5.74) is 4.19. The molecule has 0 spiro atoms. The molecule has 78 valence electrons. The molecule has 2 aromatic rings. The summed E-state index contributed by atoms with van der Waals surface area (Å²) in [6.07, 6.45) is 0. The molecule has 0 amide bonds. The zero-order chi connectivity index (χ0) is 10.5. The molecular weight excluding hydrogens is 196 g/mol. The number of para-hydroxylation sites is 1. The molecule has 0 aromatic heterocycles. The van der Waals surface area contributed by atoms with E-state index in [2.05, 4.69) is 64.6 Å². The van der Waals surface area contributed by atoms with Crippen molar-refractivity contribution in [3.63, 3.8) is 0 Å². The Bertz CT molecular complexity index is 535. The molecule has 0 saturated carbocycles. The van der Waals surface area contributed by atoms with Gasteiger partial charge in [-0.3, -0.25) is 5.01 Å². The van der Waals surface area contributed by atoms with Gasteiger partial charge >= 0.3 is 0 Å². The standard InChI is InChI=1S/C14H12N2/c1-2-6-11(7-3-1)14-12-8-4-5-9-13(12)15-10-16(14)15/h1-9,14H,10H2. The molecule has 2 unspecified atom stereocenters. The van der Waals surface area contributed by atoms with Gasteiger partial charge in [0.05, 0.1) is 11.7 Å². The van der Waals surface area contributed by atoms with Crippen molar-refractivity contribution >= 4 is 5.69 Å². The minimum atomic E-state index is 0.428. The second kappa shape index (κ2) is 2.86. The predicted octanol–water partition coefficient (Wildman–Crippen LogP) is 2.78. The SMILES string of the molecule is c1ccc(C2c3ccccc3N3CN23)cc1. The summed E-state index contributed by atoms with van der Waals surface area (Å²) in [7, 11) is 0. The van der Waals surface area contributed by atoms with Crippen molar-refractivity contribution in [1.29, 1.82) is 0 Å². The van der Waals surface area contributed by atoms with Crippen molar-refractivity contribution in [3.8, 4) is 0 Å². The topological polar surface area (TPSA) is 6.02 Å². The van der Waals surface area contributed by atoms with E-state index in [0.717, 1.165) is 6.67 Å². The first kappa shape index (κ1) is 8.36. The monoisotopic (exact) mass is 208 g/mol. The Hall–Kier alpha value is -1.80. The van der Waals surface area contributed by atoms with Crippen LogP contribution in [-0.2, 0) is 0 Å². The van der Waals surface area contributed by atoms with E-state index in [4.69, 9.17) is 0 Å². The molecule has 1 fully saturated rings. The third-order valence-electron chi connectivity index (χ3n) is 3.43. The molecule has 16 heavy (non-hydrogen) atoms. The molecule has 2 aliphatic rings. The number of rotatable bonds is 1. The lowest BCUT2D eigenvalue weighted by Crippen LogP contribution is -2.07. The molecule has 0 bridgehead atoms. The summed E-state index contributed by atoms with van der Waals surface area (Å²) in [6, 6.07) is 19.8. The van der Waals surface area contributed by atoms with Crippen molar-refractivity contribution < 1.29 is 0 Å². The fourth-order valence-electron chi connectivity index (χ4n) is 2.65. The molecule has 2 atom stereocenters. The molecule has 4 rings (SSSR count). The van der Waals surface area contributed by atoms with Crippen molar-refractivity contribution in [2.24, 2.45) is 0 Å². The number of hydrogen-bond acceptors (Lipinski definition) is 2. The number of benzene rings is 2. The Morgan fingerprint density at radius 1 is 0.875 bits per heavy atom. The van der Waals surface area contributed by atoms with E-state index in [0.29, 0.717) is 6.04 Å². The number of hydrazine groups is 1. The van der Waals surface area contributed by atoms with E-state index in [-0.39, 0.29) is 0 Å². The highest BCUT2D eigenvalue weighted by atomic mass is 15.8. The van der Waals surface area contributed by atoms with Gasteiger partial charge in [0, 0.05) is 5.56 Å². The Labute approximate surface area is 94.7 Å². The van der Waals surface area contributed by atoms with Crippen LogP contribution in [0, 0.1) is 0 Å². The molecule has 0 aliphatic carbocycles. The van der Waals surface area contributed by atoms with Gasteiger partial charge in [0.15, 0.2) is 0 Å². The largest absolute Gasteiger partial charge is 0.287 e. The summed E-state index contributed by atoms with van der Waals surface area (Å²) < 4.78 is 0. The van der Waals surface area contributed by atoms with Crippen LogP contribution < -0.4 is 5.01 Å². The Kier molecular flexibility index (Phi) is 1.50. The van der Waals surface area contributed by atoms with Crippen molar-refractivity contribution in [2.75, 3.05) is 11.7 Å². The molecule has 2 heterocycles. The van der Waals surface area contributed by atoms with Gasteiger partial charge in [-0.05, 0) is 11.6 Å². The van der Waals surface area contributed by atoms with Gasteiger partial charge in [-0.25, -0.2) is 0 Å². The summed E-state index contributed by atoms with van der Waals surface area (Å²) in [4.78, 5) is 0. The van der Waals surface area contributed by atoms with Crippen LogP contribution in [0.3, 0.4) is 0 Å². The Balaban J connectivity index is 1.87. The third kappa shape index (κ3) is 0.996. The van der Waals surface area contributed by atoms with Crippen molar-refractivity contribution in [2.45, 2.75) is 6.04 Å². The van der Waals surface area contributed by atoms with E-state index in [1.165, 1.54) is 16.8 Å². The van der Waals surface area contributed by atoms with Crippen molar-refractivity contribution in [3.05, 3.63) is 65.7 Å². The van der Waals surface area contributed by atoms with Crippen LogP contribution in [0.4, 0.5) is 5.69 Å². The molecule has 2 heteroatoms. The third-order valence-corrected chi connectivity index (χ3v) is 3.43. The molecule has 2 aliphatic heterocycles. The summed E-state index contributed by atoms with van der Waals surface area (Å²) >= 11 is 0. The Morgan fingerprint density at radius 2 is 1.62 bits per heavy atom. The van der Waals surface area contributed by atoms with Gasteiger partial charge in [-0.15, -0.1) is 0 Å². The van der Waals surface area contributed by atoms with Crippen LogP contribution in [-0.4, -0.2) is 11.7 Å². The molecule has 0 N–H and O–H groups in total. The minimum absolute atomic E-state index is 0.428. The zero-order valence-corrected chi connectivity index (χ0v) is 8.88. The zero-order valence-electron chi connectivity index (χ0n) is 8.88. The molecule has 2 aromatic carbocycles. The first-order valence-corrected chi connectivity index (χ1v) is 5.63. The molecule has 1 saturated heterocycles. The predicted molar refractivity (Wildman–Crippen MR) is 63.9 cm³/mol. The van der Waals surface area contributed by atoms with E-state index >= 15 is 0 Å². The smallest absolute Gasteiger partial charge is 0.106 e. The second-order valence-electron chi connectivity index (χ2n) is 4.35. The van der Waals surface area contributed by atoms with Crippen LogP contribution in [0.1, 0.15) is 17.2 Å². The second-order valence-corrected chi connectivity index (χ2v) is 4.35. The van der Waals surface area contributed by atoms with Crippen LogP contribution in [0.2, 0.25) is 0 Å². The van der Waals surface area contributed by atoms with E-state index in [1.807, 2.05) is 0 Å². The van der Waals surface area contributed by atoms with E-state index in [9.17, 15) is 0 Å². The maximum atomic E-state index is 2.40. The number of nitrogens with zero attached hydrogens (tertiary/aromatic N) is 2. The van der Waals surface area contributed by atoms with Crippen molar-refractivity contribution in [1.82, 2.24) is 5.01 Å². The maximum absolute atomic E-state index is 2.40. The van der Waals surface area contributed by atoms with Gasteiger partial charge in [0.25, 0.3) is 0 Å². The maximum Gasteiger partial charge on any atom is 0.106 e. The number of anilines is 1. The highest BCUT2D eigenvalue weighted by Crippen LogP contribution is 2.49. The van der Waals surface area contributed by atoms with Crippen LogP contribution in [0.15, 0.2) is 54.6 Å². The van der Waals surface area contributed by atoms with Gasteiger partial charge in [0.1, 0.15) is 6.67 Å². The minimum Gasteiger partial charge on any atom is -0.287 e. The number of hydrogen-bond donors (Lipinski definition) is 0. The van der Waals surface area contributed by atoms with Gasteiger partial charge < -0.3 is 0 Å². The normalized spacial score (nSPS) is 25.1. The average molecular weight is 208 g/mol. The van der Waals surface area contributed by atoms with Crippen LogP contribution in [0.5, 0.6) is 0 Å². The molecular formula is C14H12N2. The average Bonchev–Trinajstić information content (AvgIpc) is 3.06. The number of fused-ring (bicyclic) bond motifs is 3. The quantitative estimate of drug-likeness (QED) is 0.665. The van der Waals surface area contributed by atoms with E-state index in [1.54, 1.807) is 0 Å². The van der Waals surface area contributed by atoms with Crippen LogP contribution >= 0.6 is 0 Å². The van der Waals surface area contributed by atoms with Crippen LogP contribution in [0.25, 0.3) is 0 Å². The van der Waals surface area contributed by atoms with Gasteiger partial charge in [-0.2, -0.15) is 5.01 Å². The lowest BCUT2D eigenvalue weighted by atomic mass is 9.98. The van der Waals surface area contributed by atoms with Gasteiger partial charge in [-0.1, -0.05) is 48.5 Å². The summed E-state index contributed by atoms with van der Waals surface area (Å²) in [6.45, 7) is 1.07. The summed E-state index contributed by atoms with van der Waals surface area (Å²) in [5, 5.41) is 4.74. The first-order valence-electron chi connectivity index (χ1n) is 5.63. The fourth-order valence-corrected chi connectivity index (χ4v) is 2.65. The first-order chi connectivity index (χ1) is 7.95. The van der Waals surface area contributed by atoms with E-state index < -0.39 is 0 Å². The lowest BCUT2D eigenvalue weighted by Gasteiger charge is -2.13. The molecule has 0 radical (unpaired) electrons. The lowest BCUT2D eigenvalue weighted by molar-refractivity contribution is 0.485. The highest BCUT2D eigenvalue weighted by Gasteiger charge is 2.47. The van der Waals surface area contributed by atoms with Gasteiger partial charge in [0.2, 0.25) is 0 Å². The Morgan fingerprint density at radius 3 is 2.50 bits per heavy atom.